The molecule has 0 radical (unpaired) electrons. The SMILES string of the molecule is COc1ccc([C@H](N)CCO)c2ccccc12. The maximum Gasteiger partial charge on any atom is 0.126 e. The quantitative estimate of drug-likeness (QED) is 0.848. The van der Waals surface area contributed by atoms with Gasteiger partial charge in [-0.3, -0.25) is 0 Å². The Kier molecular flexibility index (Phi) is 3.61. The number of fused-ring (bicyclic) bond motifs is 1. The molecule has 0 aliphatic heterocycles. The lowest BCUT2D eigenvalue weighted by Crippen LogP contribution is -2.12. The summed E-state index contributed by atoms with van der Waals surface area (Å²) in [5.41, 5.74) is 7.11. The molecule has 2 rings (SSSR count). The van der Waals surface area contributed by atoms with Gasteiger partial charge in [-0.2, -0.15) is 0 Å². The average molecular weight is 231 g/mol. The number of benzene rings is 2. The summed E-state index contributed by atoms with van der Waals surface area (Å²) in [7, 11) is 1.66. The summed E-state index contributed by atoms with van der Waals surface area (Å²) in [6, 6.07) is 11.8. The second-order valence-electron chi connectivity index (χ2n) is 4.02. The Labute approximate surface area is 101 Å². The summed E-state index contributed by atoms with van der Waals surface area (Å²) < 4.78 is 5.33. The fourth-order valence-corrected chi connectivity index (χ4v) is 2.09. The normalized spacial score (nSPS) is 12.6. The number of hydrogen-bond acceptors (Lipinski definition) is 3. The number of aliphatic hydroxyl groups excluding tert-OH is 1. The Morgan fingerprint density at radius 2 is 1.88 bits per heavy atom. The van der Waals surface area contributed by atoms with Gasteiger partial charge in [0.15, 0.2) is 0 Å². The second kappa shape index (κ2) is 5.17. The number of nitrogens with two attached hydrogens (primary N) is 1. The van der Waals surface area contributed by atoms with Crippen LogP contribution in [0.2, 0.25) is 0 Å². The van der Waals surface area contributed by atoms with Crippen molar-refractivity contribution in [2.75, 3.05) is 13.7 Å². The van der Waals surface area contributed by atoms with Crippen LogP contribution in [0.3, 0.4) is 0 Å². The predicted octanol–water partition coefficient (Wildman–Crippen LogP) is 2.23. The van der Waals surface area contributed by atoms with Crippen molar-refractivity contribution in [3.8, 4) is 5.75 Å². The van der Waals surface area contributed by atoms with Crippen LogP contribution in [0.25, 0.3) is 10.8 Å². The van der Waals surface area contributed by atoms with Gasteiger partial charge in [-0.25, -0.2) is 0 Å². The highest BCUT2D eigenvalue weighted by atomic mass is 16.5. The van der Waals surface area contributed by atoms with E-state index in [0.29, 0.717) is 6.42 Å². The average Bonchev–Trinajstić information content (AvgIpc) is 2.37. The number of methoxy groups -OCH3 is 1. The van der Waals surface area contributed by atoms with Crippen molar-refractivity contribution in [1.82, 2.24) is 0 Å². The molecule has 0 aromatic heterocycles. The lowest BCUT2D eigenvalue weighted by Gasteiger charge is -2.15. The van der Waals surface area contributed by atoms with Gasteiger partial charge in [0.2, 0.25) is 0 Å². The summed E-state index contributed by atoms with van der Waals surface area (Å²) >= 11 is 0. The van der Waals surface area contributed by atoms with Crippen LogP contribution in [0.5, 0.6) is 5.75 Å². The first-order valence-corrected chi connectivity index (χ1v) is 5.70. The molecular formula is C14H17NO2. The first-order chi connectivity index (χ1) is 8.27. The zero-order valence-electron chi connectivity index (χ0n) is 9.89. The maximum absolute atomic E-state index is 8.97. The molecule has 0 fully saturated rings. The van der Waals surface area contributed by atoms with E-state index in [0.717, 1.165) is 22.1 Å². The molecule has 0 saturated heterocycles. The monoisotopic (exact) mass is 231 g/mol. The van der Waals surface area contributed by atoms with Crippen molar-refractivity contribution < 1.29 is 9.84 Å². The molecule has 90 valence electrons. The molecule has 3 N–H and O–H groups in total. The standard InChI is InChI=1S/C14H17NO2/c1-17-14-7-6-11(13(15)8-9-16)10-4-2-3-5-12(10)14/h2-7,13,16H,8-9,15H2,1H3/t13-/m1/s1. The Bertz CT molecular complexity index is 511. The summed E-state index contributed by atoms with van der Waals surface area (Å²) in [6.07, 6.45) is 0.566. The Hall–Kier alpha value is -1.58. The zero-order valence-corrected chi connectivity index (χ0v) is 9.89. The fourth-order valence-electron chi connectivity index (χ4n) is 2.09. The highest BCUT2D eigenvalue weighted by Crippen LogP contribution is 2.31. The molecule has 1 atom stereocenters. The highest BCUT2D eigenvalue weighted by Gasteiger charge is 2.11. The number of rotatable bonds is 4. The first-order valence-electron chi connectivity index (χ1n) is 5.70. The van der Waals surface area contributed by atoms with E-state index in [-0.39, 0.29) is 12.6 Å². The molecule has 3 nitrogen and oxygen atoms in total. The number of aliphatic hydroxyl groups is 1. The summed E-state index contributed by atoms with van der Waals surface area (Å²) in [5, 5.41) is 11.1. The number of hydrogen-bond donors (Lipinski definition) is 2. The van der Waals surface area contributed by atoms with Gasteiger partial charge in [0.05, 0.1) is 7.11 Å². The molecule has 17 heavy (non-hydrogen) atoms. The maximum atomic E-state index is 8.97. The predicted molar refractivity (Wildman–Crippen MR) is 69.1 cm³/mol. The van der Waals surface area contributed by atoms with Crippen molar-refractivity contribution >= 4 is 10.8 Å². The van der Waals surface area contributed by atoms with Crippen LogP contribution in [0.15, 0.2) is 36.4 Å². The Morgan fingerprint density at radius 3 is 2.53 bits per heavy atom. The molecule has 0 amide bonds. The molecule has 3 heteroatoms. The first kappa shape index (κ1) is 11.9. The third-order valence-corrected chi connectivity index (χ3v) is 2.98. The van der Waals surface area contributed by atoms with Gasteiger partial charge in [-0.05, 0) is 23.4 Å². The minimum absolute atomic E-state index is 0.0987. The molecular weight excluding hydrogens is 214 g/mol. The van der Waals surface area contributed by atoms with E-state index in [4.69, 9.17) is 15.6 Å². The molecule has 2 aromatic carbocycles. The van der Waals surface area contributed by atoms with Gasteiger partial charge in [0, 0.05) is 18.0 Å². The van der Waals surface area contributed by atoms with E-state index >= 15 is 0 Å². The van der Waals surface area contributed by atoms with E-state index in [1.54, 1.807) is 7.11 Å². The molecule has 0 saturated carbocycles. The van der Waals surface area contributed by atoms with Gasteiger partial charge in [0.25, 0.3) is 0 Å². The summed E-state index contributed by atoms with van der Waals surface area (Å²) in [5.74, 6) is 0.848. The largest absolute Gasteiger partial charge is 0.496 e. The third-order valence-electron chi connectivity index (χ3n) is 2.98. The van der Waals surface area contributed by atoms with Crippen LogP contribution in [-0.4, -0.2) is 18.8 Å². The topological polar surface area (TPSA) is 55.5 Å². The van der Waals surface area contributed by atoms with Gasteiger partial charge < -0.3 is 15.6 Å². The van der Waals surface area contributed by atoms with Gasteiger partial charge in [0.1, 0.15) is 5.75 Å². The van der Waals surface area contributed by atoms with Crippen molar-refractivity contribution in [2.45, 2.75) is 12.5 Å². The fraction of sp³-hybridized carbons (Fsp3) is 0.286. The molecule has 2 aromatic rings. The van der Waals surface area contributed by atoms with Gasteiger partial charge in [-0.15, -0.1) is 0 Å². The Balaban J connectivity index is 2.58. The van der Waals surface area contributed by atoms with Crippen LogP contribution in [0.4, 0.5) is 0 Å². The smallest absolute Gasteiger partial charge is 0.126 e. The van der Waals surface area contributed by atoms with Crippen LogP contribution >= 0.6 is 0 Å². The van der Waals surface area contributed by atoms with E-state index in [1.165, 1.54) is 0 Å². The van der Waals surface area contributed by atoms with Crippen molar-refractivity contribution in [3.63, 3.8) is 0 Å². The van der Waals surface area contributed by atoms with Crippen LogP contribution in [0.1, 0.15) is 18.0 Å². The molecule has 0 heterocycles. The third kappa shape index (κ3) is 2.25. The molecule has 0 unspecified atom stereocenters. The minimum Gasteiger partial charge on any atom is -0.496 e. The highest BCUT2D eigenvalue weighted by molar-refractivity contribution is 5.91. The number of ether oxygens (including phenoxy) is 1. The van der Waals surface area contributed by atoms with Crippen molar-refractivity contribution in [2.24, 2.45) is 5.73 Å². The minimum atomic E-state index is -0.143. The van der Waals surface area contributed by atoms with Crippen LogP contribution in [0, 0.1) is 0 Å². The summed E-state index contributed by atoms with van der Waals surface area (Å²) in [6.45, 7) is 0.0987. The van der Waals surface area contributed by atoms with Gasteiger partial charge >= 0.3 is 0 Å². The molecule has 0 aliphatic rings. The van der Waals surface area contributed by atoms with Crippen LogP contribution in [-0.2, 0) is 0 Å². The molecule has 0 spiro atoms. The lowest BCUT2D eigenvalue weighted by molar-refractivity contribution is 0.277. The van der Waals surface area contributed by atoms with Gasteiger partial charge in [-0.1, -0.05) is 30.3 Å². The van der Waals surface area contributed by atoms with Crippen molar-refractivity contribution in [1.29, 1.82) is 0 Å². The molecule has 0 bridgehead atoms. The second-order valence-corrected chi connectivity index (χ2v) is 4.02. The molecule has 0 aliphatic carbocycles. The van der Waals surface area contributed by atoms with Crippen LogP contribution < -0.4 is 10.5 Å². The van der Waals surface area contributed by atoms with E-state index in [9.17, 15) is 0 Å². The van der Waals surface area contributed by atoms with Crippen molar-refractivity contribution in [3.05, 3.63) is 42.0 Å². The Morgan fingerprint density at radius 1 is 1.18 bits per heavy atom. The lowest BCUT2D eigenvalue weighted by atomic mass is 9.97. The van der Waals surface area contributed by atoms with E-state index < -0.39 is 0 Å². The van der Waals surface area contributed by atoms with E-state index in [1.807, 2.05) is 36.4 Å². The zero-order chi connectivity index (χ0) is 12.3. The van der Waals surface area contributed by atoms with E-state index in [2.05, 4.69) is 0 Å². The summed E-state index contributed by atoms with van der Waals surface area (Å²) in [4.78, 5) is 0.